The zero-order valence-corrected chi connectivity index (χ0v) is 16.9. The van der Waals surface area contributed by atoms with Crippen LogP contribution in [-0.2, 0) is 9.84 Å². The van der Waals surface area contributed by atoms with E-state index in [0.29, 0.717) is 0 Å². The van der Waals surface area contributed by atoms with E-state index < -0.39 is 48.0 Å². The Morgan fingerprint density at radius 2 is 1.40 bits per heavy atom. The second kappa shape index (κ2) is 7.48. The van der Waals surface area contributed by atoms with Gasteiger partial charge in [0.25, 0.3) is 0 Å². The van der Waals surface area contributed by atoms with Crippen LogP contribution in [-0.4, -0.2) is 8.42 Å². The fourth-order valence-corrected chi connectivity index (χ4v) is 5.77. The third kappa shape index (κ3) is 3.27. The molecular weight excluding hydrogens is 440 g/mol. The highest BCUT2D eigenvalue weighted by molar-refractivity contribution is 8.19. The molecule has 0 radical (unpaired) electrons. The number of ether oxygens (including phenoxy) is 1. The third-order valence-corrected chi connectivity index (χ3v) is 7.79. The van der Waals surface area contributed by atoms with Crippen LogP contribution in [0.2, 0.25) is 0 Å². The molecule has 3 aromatic carbocycles. The molecule has 4 rings (SSSR count). The summed E-state index contributed by atoms with van der Waals surface area (Å²) >= 11 is 0.275. The number of fused-ring (bicyclic) bond motifs is 1. The molecule has 0 N–H and O–H groups in total. The Balaban J connectivity index is 2.00. The average molecular weight is 452 g/mol. The van der Waals surface area contributed by atoms with E-state index in [2.05, 4.69) is 0 Å². The minimum absolute atomic E-state index is 0.118. The van der Waals surface area contributed by atoms with E-state index in [1.807, 2.05) is 0 Å². The van der Waals surface area contributed by atoms with Crippen LogP contribution in [0.3, 0.4) is 0 Å². The van der Waals surface area contributed by atoms with Gasteiger partial charge in [-0.15, -0.1) is 0 Å². The molecule has 0 saturated heterocycles. The van der Waals surface area contributed by atoms with Gasteiger partial charge >= 0.3 is 0 Å². The number of hydrogen-bond donors (Lipinski definition) is 0. The lowest BCUT2D eigenvalue weighted by Gasteiger charge is -2.24. The Morgan fingerprint density at radius 1 is 0.800 bits per heavy atom. The van der Waals surface area contributed by atoms with Crippen molar-refractivity contribution in [2.24, 2.45) is 0 Å². The molecule has 0 unspecified atom stereocenters. The smallest absolute Gasteiger partial charge is 0.216 e. The summed E-state index contributed by atoms with van der Waals surface area (Å²) in [6.45, 7) is 1.80. The Bertz CT molecular complexity index is 1290. The van der Waals surface area contributed by atoms with Crippen molar-refractivity contribution >= 4 is 27.4 Å². The van der Waals surface area contributed by atoms with E-state index in [1.165, 1.54) is 36.4 Å². The normalized spacial score (nSPS) is 13.8. The number of benzene rings is 3. The van der Waals surface area contributed by atoms with E-state index in [4.69, 9.17) is 4.74 Å². The molecule has 1 aliphatic rings. The summed E-state index contributed by atoms with van der Waals surface area (Å²) in [7, 11) is -4.25. The monoisotopic (exact) mass is 452 g/mol. The molecule has 0 spiro atoms. The minimum Gasteiger partial charge on any atom is -0.450 e. The molecule has 1 heterocycles. The molecule has 9 heteroatoms. The van der Waals surface area contributed by atoms with Crippen molar-refractivity contribution in [3.8, 4) is 5.75 Å². The van der Waals surface area contributed by atoms with Gasteiger partial charge in [0.1, 0.15) is 0 Å². The Morgan fingerprint density at radius 3 is 2.03 bits per heavy atom. The van der Waals surface area contributed by atoms with Crippen LogP contribution in [0, 0.1) is 30.2 Å². The molecule has 0 aromatic heterocycles. The van der Waals surface area contributed by atoms with Gasteiger partial charge in [0.15, 0.2) is 27.4 Å². The van der Waals surface area contributed by atoms with Crippen LogP contribution in [0.5, 0.6) is 5.75 Å². The number of aryl methyl sites for hydroxylation is 1. The van der Waals surface area contributed by atoms with Crippen molar-refractivity contribution in [2.75, 3.05) is 0 Å². The molecule has 30 heavy (non-hydrogen) atoms. The maximum absolute atomic E-state index is 14.4. The predicted octanol–water partition coefficient (Wildman–Crippen LogP) is 5.84. The highest BCUT2D eigenvalue weighted by Gasteiger charge is 2.38. The standard InChI is InChI=1S/C21H12F4O3S2/c1-11-7-9-12(10-8-11)18-21(30(26,27)13-5-3-2-4-6-13)29-20-17(25)15(23)14(22)16(24)19(20)28-18/h2-10H,1H3. The first-order chi connectivity index (χ1) is 14.2. The van der Waals surface area contributed by atoms with E-state index in [0.717, 1.165) is 5.56 Å². The van der Waals surface area contributed by atoms with Gasteiger partial charge in [-0.2, -0.15) is 4.39 Å². The Labute approximate surface area is 173 Å². The summed E-state index contributed by atoms with van der Waals surface area (Å²) in [5.41, 5.74) is 1.11. The lowest BCUT2D eigenvalue weighted by Crippen LogP contribution is -2.15. The van der Waals surface area contributed by atoms with E-state index >= 15 is 0 Å². The zero-order chi connectivity index (χ0) is 21.6. The van der Waals surface area contributed by atoms with Gasteiger partial charge in [0.05, 0.1) is 9.79 Å². The number of thioether (sulfide) groups is 1. The van der Waals surface area contributed by atoms with Crippen LogP contribution >= 0.6 is 11.8 Å². The summed E-state index contributed by atoms with van der Waals surface area (Å²) in [6.07, 6.45) is 0. The first-order valence-electron chi connectivity index (χ1n) is 8.55. The fourth-order valence-electron chi connectivity index (χ4n) is 2.82. The Kier molecular flexibility index (Phi) is 5.11. The molecule has 0 bridgehead atoms. The predicted molar refractivity (Wildman–Crippen MR) is 104 cm³/mol. The lowest BCUT2D eigenvalue weighted by molar-refractivity contribution is 0.361. The summed E-state index contributed by atoms with van der Waals surface area (Å²) in [4.78, 5) is -0.899. The lowest BCUT2D eigenvalue weighted by atomic mass is 10.1. The highest BCUT2D eigenvalue weighted by Crippen LogP contribution is 2.51. The summed E-state index contributed by atoms with van der Waals surface area (Å²) in [5.74, 6) is -8.75. The van der Waals surface area contributed by atoms with Crippen molar-refractivity contribution in [1.82, 2.24) is 0 Å². The fraction of sp³-hybridized carbons (Fsp3) is 0.0476. The topological polar surface area (TPSA) is 43.4 Å². The second-order valence-electron chi connectivity index (χ2n) is 6.42. The van der Waals surface area contributed by atoms with Crippen LogP contribution < -0.4 is 4.74 Å². The maximum Gasteiger partial charge on any atom is 0.216 e. The molecule has 3 nitrogen and oxygen atoms in total. The quantitative estimate of drug-likeness (QED) is 0.285. The maximum atomic E-state index is 14.4. The molecule has 0 amide bonds. The molecular formula is C21H12F4O3S2. The first-order valence-corrected chi connectivity index (χ1v) is 10.8. The highest BCUT2D eigenvalue weighted by atomic mass is 32.3. The van der Waals surface area contributed by atoms with Crippen LogP contribution in [0.1, 0.15) is 11.1 Å². The first kappa shape index (κ1) is 20.5. The number of sulfone groups is 1. The van der Waals surface area contributed by atoms with Gasteiger partial charge in [0, 0.05) is 5.56 Å². The van der Waals surface area contributed by atoms with Gasteiger partial charge in [-0.3, -0.25) is 0 Å². The van der Waals surface area contributed by atoms with Gasteiger partial charge in [-0.05, 0) is 19.1 Å². The van der Waals surface area contributed by atoms with Crippen LogP contribution in [0.15, 0.2) is 68.6 Å². The summed E-state index contributed by atoms with van der Waals surface area (Å²) < 4.78 is 87.6. The van der Waals surface area contributed by atoms with E-state index in [1.54, 1.807) is 25.1 Å². The molecule has 1 aliphatic heterocycles. The third-order valence-electron chi connectivity index (χ3n) is 4.38. The number of rotatable bonds is 3. The van der Waals surface area contributed by atoms with E-state index in [-0.39, 0.29) is 28.0 Å². The van der Waals surface area contributed by atoms with Crippen LogP contribution in [0.25, 0.3) is 5.76 Å². The van der Waals surface area contributed by atoms with Crippen LogP contribution in [0.4, 0.5) is 17.6 Å². The summed E-state index contributed by atoms with van der Waals surface area (Å²) in [5, 5.41) is 0. The molecule has 3 aromatic rings. The molecule has 0 aliphatic carbocycles. The average Bonchev–Trinajstić information content (AvgIpc) is 2.76. The number of hydrogen-bond acceptors (Lipinski definition) is 4. The van der Waals surface area contributed by atoms with Crippen molar-refractivity contribution < 1.29 is 30.7 Å². The van der Waals surface area contributed by atoms with Crippen molar-refractivity contribution in [3.63, 3.8) is 0 Å². The van der Waals surface area contributed by atoms with Crippen molar-refractivity contribution in [2.45, 2.75) is 16.7 Å². The minimum atomic E-state index is -4.25. The summed E-state index contributed by atoms with van der Waals surface area (Å²) in [6, 6.07) is 13.7. The largest absolute Gasteiger partial charge is 0.450 e. The Hall–Kier alpha value is -2.78. The molecule has 0 fully saturated rings. The molecule has 0 saturated carbocycles. The molecule has 154 valence electrons. The van der Waals surface area contributed by atoms with Gasteiger partial charge in [0.2, 0.25) is 21.5 Å². The SMILES string of the molecule is Cc1ccc(C2=C(S(=O)(=O)c3ccccc3)Sc3c(F)c(F)c(F)c(F)c3O2)cc1. The zero-order valence-electron chi connectivity index (χ0n) is 15.2. The van der Waals surface area contributed by atoms with Crippen molar-refractivity contribution in [1.29, 1.82) is 0 Å². The number of halogens is 4. The van der Waals surface area contributed by atoms with Gasteiger partial charge in [-0.1, -0.05) is 59.8 Å². The molecule has 0 atom stereocenters. The second-order valence-corrected chi connectivity index (χ2v) is 9.58. The van der Waals surface area contributed by atoms with Crippen molar-refractivity contribution in [3.05, 3.63) is 93.2 Å². The van der Waals surface area contributed by atoms with Gasteiger partial charge in [-0.25, -0.2) is 21.6 Å². The van der Waals surface area contributed by atoms with E-state index in [9.17, 15) is 26.0 Å². The van der Waals surface area contributed by atoms with Gasteiger partial charge < -0.3 is 4.74 Å².